The SMILES string of the molecule is Cc1cc(O)c(Oc2cc(O)c(Oc3cc(O)c(Oc4cc(O)c(Oc5cc(O)c(Oc6cc(O)c(Oc7cc(O)c(Oc8cc(O)cc(O)c8Oc8c(O)cc(Oc9c(O)cc(O)cc9Oc9c(O)cc(O)cc9Oc9c(O)cc(O)cc9Oc9c(O)cc(Oc%10cc(O)cc(O)c%10Oc%10c(O)cc(Oc%11cc(O)cc(O)c%11)cc%10O)cc9O)cc8O)c(O)c7)c(O)c6)c(O)c5)c(O)c4)c(O)c3)c(O)c2)c(O)c1. The van der Waals surface area contributed by atoms with Gasteiger partial charge in [-0.05, 0) is 24.6 Å². The van der Waals surface area contributed by atoms with Gasteiger partial charge in [0.15, 0.2) is 172 Å². The molecule has 0 saturated heterocycles. The van der Waals surface area contributed by atoms with Crippen LogP contribution in [0.4, 0.5) is 0 Å². The van der Waals surface area contributed by atoms with E-state index in [1.807, 2.05) is 0 Å². The Morgan fingerprint density at radius 2 is 0.229 bits per heavy atom. The molecule has 0 aromatic heterocycles. The average Bonchev–Trinajstić information content (AvgIpc) is 0.757. The highest BCUT2D eigenvalue weighted by molar-refractivity contribution is 5.73. The van der Waals surface area contributed by atoms with Crippen molar-refractivity contribution in [3.05, 3.63) is 206 Å². The number of benzene rings is 16. The van der Waals surface area contributed by atoms with Gasteiger partial charge in [-0.25, -0.2) is 0 Å². The molecule has 0 unspecified atom stereocenters. The molecule has 0 saturated carbocycles. The molecular weight excluding hydrogens is 1920 g/mol. The van der Waals surface area contributed by atoms with Crippen LogP contribution in [0.2, 0.25) is 0 Å². The van der Waals surface area contributed by atoms with Gasteiger partial charge in [-0.15, -0.1) is 0 Å². The van der Waals surface area contributed by atoms with Crippen LogP contribution in [-0.2, 0) is 0 Å². The zero-order chi connectivity index (χ0) is 103. The molecule has 16 aromatic carbocycles. The summed E-state index contributed by atoms with van der Waals surface area (Å²) in [4.78, 5) is 0. The molecule has 0 amide bonds. The number of aromatic hydroxyl groups is 32. The molecule has 47 nitrogen and oxygen atoms in total. The number of aryl methyl sites for hydroxylation is 1. The van der Waals surface area contributed by atoms with E-state index in [1.165, 1.54) is 12.1 Å². The highest BCUT2D eigenvalue weighted by atomic mass is 16.6. The first-order valence-electron chi connectivity index (χ1n) is 40.3. The predicted octanol–water partition coefficient (Wildman–Crippen LogP) is 19.5. The van der Waals surface area contributed by atoms with Gasteiger partial charge in [0.1, 0.15) is 97.7 Å². The van der Waals surface area contributed by atoms with Crippen molar-refractivity contribution in [2.45, 2.75) is 6.92 Å². The van der Waals surface area contributed by atoms with Crippen LogP contribution in [0.25, 0.3) is 0 Å². The number of rotatable bonds is 30. The highest BCUT2D eigenvalue weighted by Gasteiger charge is 2.33. The molecule has 0 heterocycles. The average molecular weight is 1990 g/mol. The second-order valence-electron chi connectivity index (χ2n) is 30.4. The van der Waals surface area contributed by atoms with E-state index in [0.717, 1.165) is 152 Å². The van der Waals surface area contributed by atoms with Crippen LogP contribution in [0.5, 0.6) is 356 Å². The second kappa shape index (κ2) is 37.8. The summed E-state index contributed by atoms with van der Waals surface area (Å²) < 4.78 is 84.9. The van der Waals surface area contributed by atoms with Gasteiger partial charge in [-0.1, -0.05) is 0 Å². The van der Waals surface area contributed by atoms with E-state index in [4.69, 9.17) is 71.1 Å². The van der Waals surface area contributed by atoms with Crippen LogP contribution in [0.1, 0.15) is 5.56 Å². The standard InChI is InChI=1S/C97H68O47/c1-35-2-53(105)83(54(106)3-35)132-46-21-60(112)84(61(113)22-46)133-47-23-62(114)85(63(115)24-47)134-48-25-64(116)86(65(117)26-48)135-49-27-66(118)87(67(119)28-49)136-50-29-68(120)88(69(121)30-50)137-51-31-72(124)90(73(125)32-51)140-82-16-42(104)11-59(111)97(82)144-92-76(128)33-52(34-77(92)129)138-93-55(107)7-39(101)13-79(93)141-95-57(109)9-41(103)15-81(95)142-94-56(108)8-40(102)14-80(94)139-89-70(122)19-45(20-71(89)123)131-78-12-38(100)10-58(110)96(78)143-91-74(126)17-44(18-75(91)127)130-43-5-36(98)4-37(99)6-43/h2-34,98-129H,1H3. The summed E-state index contributed by atoms with van der Waals surface area (Å²) in [5.74, 6) is -46.4. The normalized spacial score (nSPS) is 11.0. The maximum absolute atomic E-state index is 11.5. The maximum atomic E-state index is 11.5. The lowest BCUT2D eigenvalue weighted by atomic mass is 10.2. The Hall–Kier alpha value is -21.9. The zero-order valence-corrected chi connectivity index (χ0v) is 72.0. The topological polar surface area (TPSA) is 786 Å². The molecule has 0 bridgehead atoms. The largest absolute Gasteiger partial charge is 0.508 e. The first kappa shape index (κ1) is 95.3. The van der Waals surface area contributed by atoms with Gasteiger partial charge in [0.2, 0.25) is 86.2 Å². The lowest BCUT2D eigenvalue weighted by Crippen LogP contribution is -1.97. The maximum Gasteiger partial charge on any atom is 0.212 e. The molecule has 47 heteroatoms. The lowest BCUT2D eigenvalue weighted by molar-refractivity contribution is 0.323. The van der Waals surface area contributed by atoms with Crippen LogP contribution >= 0.6 is 0 Å². The predicted molar refractivity (Wildman–Crippen MR) is 482 cm³/mol. The molecule has 0 radical (unpaired) electrons. The van der Waals surface area contributed by atoms with Crippen LogP contribution in [-0.4, -0.2) is 163 Å². The summed E-state index contributed by atoms with van der Waals surface area (Å²) in [5, 5.41) is 349. The molecule has 0 aliphatic rings. The molecule has 0 aliphatic carbocycles. The molecule has 144 heavy (non-hydrogen) atoms. The van der Waals surface area contributed by atoms with Crippen molar-refractivity contribution < 1.29 is 234 Å². The summed E-state index contributed by atoms with van der Waals surface area (Å²) in [6.45, 7) is 1.59. The molecule has 0 fully saturated rings. The minimum Gasteiger partial charge on any atom is -0.508 e. The van der Waals surface area contributed by atoms with E-state index < -0.39 is 333 Å². The van der Waals surface area contributed by atoms with Crippen LogP contribution in [0.3, 0.4) is 0 Å². The summed E-state index contributed by atoms with van der Waals surface area (Å²) in [6.07, 6.45) is 0. The molecule has 0 aliphatic heterocycles. The smallest absolute Gasteiger partial charge is 0.212 e. The molecule has 32 N–H and O–H groups in total. The number of phenolic OH excluding ortho intramolecular Hbond substituents is 32. The first-order chi connectivity index (χ1) is 68.2. The van der Waals surface area contributed by atoms with Crippen molar-refractivity contribution in [2.24, 2.45) is 0 Å². The van der Waals surface area contributed by atoms with Crippen LogP contribution < -0.4 is 71.1 Å². The quantitative estimate of drug-likeness (QED) is 0.0199. The van der Waals surface area contributed by atoms with Crippen molar-refractivity contribution in [2.75, 3.05) is 0 Å². The Morgan fingerprint density at radius 3 is 0.444 bits per heavy atom. The molecule has 16 aromatic rings. The van der Waals surface area contributed by atoms with Gasteiger partial charge in [0.25, 0.3) is 0 Å². The van der Waals surface area contributed by atoms with Gasteiger partial charge in [-0.3, -0.25) is 0 Å². The zero-order valence-electron chi connectivity index (χ0n) is 72.0. The van der Waals surface area contributed by atoms with Gasteiger partial charge in [0.05, 0.1) is 0 Å². The van der Waals surface area contributed by atoms with E-state index >= 15 is 0 Å². The fourth-order valence-corrected chi connectivity index (χ4v) is 13.6. The summed E-state index contributed by atoms with van der Waals surface area (Å²) >= 11 is 0. The Morgan fingerprint density at radius 1 is 0.104 bits per heavy atom. The second-order valence-corrected chi connectivity index (χ2v) is 30.4. The van der Waals surface area contributed by atoms with Crippen molar-refractivity contribution in [1.82, 2.24) is 0 Å². The van der Waals surface area contributed by atoms with Crippen molar-refractivity contribution in [3.8, 4) is 356 Å². The summed E-state index contributed by atoms with van der Waals surface area (Å²) in [5.41, 5.74) is 0.493. The highest BCUT2D eigenvalue weighted by Crippen LogP contribution is 2.61. The minimum atomic E-state index is -1.08. The molecule has 16 rings (SSSR count). The third kappa shape index (κ3) is 20.3. The number of phenols is 32. The molecule has 738 valence electrons. The van der Waals surface area contributed by atoms with E-state index in [1.54, 1.807) is 6.92 Å². The van der Waals surface area contributed by atoms with E-state index in [0.29, 0.717) is 42.0 Å². The van der Waals surface area contributed by atoms with Gasteiger partial charge >= 0.3 is 0 Å². The fourth-order valence-electron chi connectivity index (χ4n) is 13.6. The lowest BCUT2D eigenvalue weighted by Gasteiger charge is -2.20. The van der Waals surface area contributed by atoms with Crippen molar-refractivity contribution in [1.29, 1.82) is 0 Å². The number of hydrogen-bond donors (Lipinski definition) is 32. The molecular formula is C97H68O47. The summed E-state index contributed by atoms with van der Waals surface area (Å²) in [7, 11) is 0. The Balaban J connectivity index is 0.564. The molecule has 0 atom stereocenters. The van der Waals surface area contributed by atoms with Gasteiger partial charge in [0, 0.05) is 188 Å². The van der Waals surface area contributed by atoms with Crippen molar-refractivity contribution >= 4 is 0 Å². The third-order valence-electron chi connectivity index (χ3n) is 19.6. The van der Waals surface area contributed by atoms with Crippen LogP contribution in [0.15, 0.2) is 200 Å². The monoisotopic (exact) mass is 1980 g/mol. The van der Waals surface area contributed by atoms with E-state index in [-0.39, 0.29) is 23.0 Å². The van der Waals surface area contributed by atoms with Gasteiger partial charge in [-0.2, -0.15) is 0 Å². The van der Waals surface area contributed by atoms with E-state index in [2.05, 4.69) is 0 Å². The molecule has 0 spiro atoms. The third-order valence-corrected chi connectivity index (χ3v) is 19.6. The van der Waals surface area contributed by atoms with Crippen LogP contribution in [0, 0.1) is 6.92 Å². The Labute approximate surface area is 800 Å². The van der Waals surface area contributed by atoms with E-state index in [9.17, 15) is 163 Å². The first-order valence-corrected chi connectivity index (χ1v) is 40.3. The number of hydrogen-bond acceptors (Lipinski definition) is 47. The Bertz CT molecular complexity index is 7620. The summed E-state index contributed by atoms with van der Waals surface area (Å²) in [6, 6.07) is 27.9. The fraction of sp³-hybridized carbons (Fsp3) is 0.0103. The Kier molecular flexibility index (Phi) is 25.0. The van der Waals surface area contributed by atoms with Gasteiger partial charge < -0.3 is 234 Å². The number of ether oxygens (including phenoxy) is 15. The van der Waals surface area contributed by atoms with Crippen molar-refractivity contribution in [3.63, 3.8) is 0 Å². The minimum absolute atomic E-state index is 0.129.